The molecule has 1 spiro atoms. The van der Waals surface area contributed by atoms with E-state index >= 15 is 0 Å². The van der Waals surface area contributed by atoms with E-state index in [1.165, 1.54) is 5.57 Å². The summed E-state index contributed by atoms with van der Waals surface area (Å²) in [7, 11) is 0. The van der Waals surface area contributed by atoms with Crippen LogP contribution in [0.3, 0.4) is 0 Å². The molecule has 0 saturated carbocycles. The third-order valence-corrected chi connectivity index (χ3v) is 4.50. The number of carbonyl (C=O) groups excluding carboxylic acids is 1. The molecule has 1 aliphatic carbocycles. The van der Waals surface area contributed by atoms with Crippen molar-refractivity contribution < 1.29 is 14.6 Å². The van der Waals surface area contributed by atoms with Crippen LogP contribution in [-0.4, -0.2) is 22.3 Å². The van der Waals surface area contributed by atoms with Crippen LogP contribution in [0.25, 0.3) is 0 Å². The monoisotopic (exact) mass is 252 g/mol. The van der Waals surface area contributed by atoms with Crippen molar-refractivity contribution >= 4 is 5.78 Å². The molecule has 0 unspecified atom stereocenters. The normalized spacial score (nSPS) is 41.3. The number of hydrogen-bond donors (Lipinski definition) is 1. The smallest absolute Gasteiger partial charge is 0.187 e. The lowest BCUT2D eigenvalue weighted by atomic mass is 9.81. The number of allylic oxidation sites excluding steroid dienone is 1. The molecule has 1 saturated heterocycles. The van der Waals surface area contributed by atoms with Gasteiger partial charge in [0, 0.05) is 6.42 Å². The van der Waals surface area contributed by atoms with Gasteiger partial charge < -0.3 is 9.84 Å². The Morgan fingerprint density at radius 2 is 2.11 bits per heavy atom. The van der Waals surface area contributed by atoms with Gasteiger partial charge in [0.15, 0.2) is 11.6 Å². The highest BCUT2D eigenvalue weighted by Crippen LogP contribution is 2.45. The van der Waals surface area contributed by atoms with Crippen molar-refractivity contribution in [3.05, 3.63) is 11.6 Å². The fourth-order valence-corrected chi connectivity index (χ4v) is 3.11. The Bertz CT molecular complexity index is 381. The third kappa shape index (κ3) is 2.26. The summed E-state index contributed by atoms with van der Waals surface area (Å²) in [5.41, 5.74) is 0.416. The molecule has 1 fully saturated rings. The molecular formula is C15H24O3. The molecule has 2 aliphatic rings. The quantitative estimate of drug-likeness (QED) is 0.780. The highest BCUT2D eigenvalue weighted by atomic mass is 16.6. The molecule has 0 aromatic carbocycles. The molecule has 1 N–H and O–H groups in total. The fraction of sp³-hybridized carbons (Fsp3) is 0.800. The van der Waals surface area contributed by atoms with E-state index in [1.54, 1.807) is 13.0 Å². The first kappa shape index (κ1) is 13.8. The van der Waals surface area contributed by atoms with Crippen molar-refractivity contribution in [2.75, 3.05) is 0 Å². The maximum atomic E-state index is 12.5. The van der Waals surface area contributed by atoms with E-state index in [0.29, 0.717) is 18.8 Å². The number of aliphatic hydroxyl groups is 1. The summed E-state index contributed by atoms with van der Waals surface area (Å²) in [6.45, 7) is 7.96. The predicted octanol–water partition coefficient (Wildman–Crippen LogP) is 2.83. The van der Waals surface area contributed by atoms with Crippen LogP contribution in [0.4, 0.5) is 0 Å². The Morgan fingerprint density at radius 1 is 1.44 bits per heavy atom. The number of ketones is 1. The minimum Gasteiger partial charge on any atom is -0.366 e. The number of carbonyl (C=O) groups is 1. The maximum absolute atomic E-state index is 12.5. The summed E-state index contributed by atoms with van der Waals surface area (Å²) in [5, 5.41) is 10.0. The molecule has 0 aromatic rings. The van der Waals surface area contributed by atoms with E-state index in [0.717, 1.165) is 12.8 Å². The SMILES string of the molecule is CC(C)C1=CC(=O)[C@@]2(CC[C@](C)(O)O2)[C@@H](C)CC1. The van der Waals surface area contributed by atoms with Crippen LogP contribution in [0.5, 0.6) is 0 Å². The lowest BCUT2D eigenvalue weighted by Crippen LogP contribution is -2.45. The van der Waals surface area contributed by atoms with Gasteiger partial charge in [-0.3, -0.25) is 4.79 Å². The minimum absolute atomic E-state index is 0.0500. The summed E-state index contributed by atoms with van der Waals surface area (Å²) in [4.78, 5) is 12.5. The van der Waals surface area contributed by atoms with Crippen molar-refractivity contribution in [2.24, 2.45) is 11.8 Å². The first-order chi connectivity index (χ1) is 8.27. The van der Waals surface area contributed by atoms with Crippen LogP contribution in [0, 0.1) is 11.8 Å². The highest BCUT2D eigenvalue weighted by molar-refractivity contribution is 5.98. The molecule has 0 radical (unpaired) electrons. The molecule has 102 valence electrons. The molecule has 3 nitrogen and oxygen atoms in total. The summed E-state index contributed by atoms with van der Waals surface area (Å²) < 4.78 is 5.77. The Labute approximate surface area is 109 Å². The van der Waals surface area contributed by atoms with Gasteiger partial charge in [-0.15, -0.1) is 0 Å². The standard InChI is InChI=1S/C15H24O3/c1-10(2)12-6-5-11(3)15(13(16)9-12)8-7-14(4,17)18-15/h9-11,17H,5-8H2,1-4H3/t11-,14+,15+/m0/s1. The highest BCUT2D eigenvalue weighted by Gasteiger charge is 2.53. The van der Waals surface area contributed by atoms with Crippen LogP contribution in [0.2, 0.25) is 0 Å². The van der Waals surface area contributed by atoms with Crippen molar-refractivity contribution in [3.8, 4) is 0 Å². The molecule has 3 atom stereocenters. The Morgan fingerprint density at radius 3 is 2.61 bits per heavy atom. The predicted molar refractivity (Wildman–Crippen MR) is 70.0 cm³/mol. The number of ether oxygens (including phenoxy) is 1. The lowest BCUT2D eigenvalue weighted by Gasteiger charge is -2.33. The van der Waals surface area contributed by atoms with Gasteiger partial charge in [-0.05, 0) is 44.1 Å². The second-order valence-electron chi connectivity index (χ2n) is 6.34. The van der Waals surface area contributed by atoms with E-state index in [2.05, 4.69) is 20.8 Å². The van der Waals surface area contributed by atoms with Gasteiger partial charge in [-0.1, -0.05) is 26.3 Å². The average Bonchev–Trinajstić information content (AvgIpc) is 2.54. The van der Waals surface area contributed by atoms with Crippen LogP contribution < -0.4 is 0 Å². The second kappa shape index (κ2) is 4.46. The van der Waals surface area contributed by atoms with Gasteiger partial charge in [-0.25, -0.2) is 0 Å². The van der Waals surface area contributed by atoms with Gasteiger partial charge >= 0.3 is 0 Å². The molecule has 18 heavy (non-hydrogen) atoms. The molecule has 1 aliphatic heterocycles. The molecule has 3 heteroatoms. The topological polar surface area (TPSA) is 46.5 Å². The Kier molecular flexibility index (Phi) is 3.41. The zero-order valence-corrected chi connectivity index (χ0v) is 11.8. The van der Waals surface area contributed by atoms with Gasteiger partial charge in [0.2, 0.25) is 0 Å². The van der Waals surface area contributed by atoms with Crippen molar-refractivity contribution in [2.45, 2.75) is 64.8 Å². The van der Waals surface area contributed by atoms with E-state index < -0.39 is 11.4 Å². The molecule has 0 aromatic heterocycles. The van der Waals surface area contributed by atoms with Crippen molar-refractivity contribution in [3.63, 3.8) is 0 Å². The zero-order valence-electron chi connectivity index (χ0n) is 11.8. The Balaban J connectivity index is 2.33. The van der Waals surface area contributed by atoms with Gasteiger partial charge in [0.05, 0.1) is 0 Å². The third-order valence-electron chi connectivity index (χ3n) is 4.50. The van der Waals surface area contributed by atoms with Crippen molar-refractivity contribution in [1.29, 1.82) is 0 Å². The zero-order chi connectivity index (χ0) is 13.6. The molecule has 2 rings (SSSR count). The molecular weight excluding hydrogens is 228 g/mol. The first-order valence-corrected chi connectivity index (χ1v) is 6.94. The number of rotatable bonds is 1. The summed E-state index contributed by atoms with van der Waals surface area (Å²) in [6.07, 6.45) is 4.84. The summed E-state index contributed by atoms with van der Waals surface area (Å²) in [6, 6.07) is 0. The Hall–Kier alpha value is -0.670. The van der Waals surface area contributed by atoms with Crippen LogP contribution in [0.1, 0.15) is 53.4 Å². The van der Waals surface area contributed by atoms with E-state index in [1.807, 2.05) is 0 Å². The van der Waals surface area contributed by atoms with Gasteiger partial charge in [0.25, 0.3) is 0 Å². The molecule has 1 heterocycles. The van der Waals surface area contributed by atoms with Gasteiger partial charge in [-0.2, -0.15) is 0 Å². The number of hydrogen-bond acceptors (Lipinski definition) is 3. The summed E-state index contributed by atoms with van der Waals surface area (Å²) >= 11 is 0. The maximum Gasteiger partial charge on any atom is 0.187 e. The van der Waals surface area contributed by atoms with Gasteiger partial charge in [0.1, 0.15) is 5.60 Å². The van der Waals surface area contributed by atoms with Crippen LogP contribution in [0.15, 0.2) is 11.6 Å². The van der Waals surface area contributed by atoms with E-state index in [4.69, 9.17) is 4.74 Å². The lowest BCUT2D eigenvalue weighted by molar-refractivity contribution is -0.220. The second-order valence-corrected chi connectivity index (χ2v) is 6.34. The molecule has 0 amide bonds. The van der Waals surface area contributed by atoms with Crippen LogP contribution >= 0.6 is 0 Å². The van der Waals surface area contributed by atoms with E-state index in [9.17, 15) is 9.90 Å². The first-order valence-electron chi connectivity index (χ1n) is 6.94. The molecule has 0 bridgehead atoms. The van der Waals surface area contributed by atoms with E-state index in [-0.39, 0.29) is 11.7 Å². The summed E-state index contributed by atoms with van der Waals surface area (Å²) in [5.74, 6) is -0.543. The largest absolute Gasteiger partial charge is 0.366 e. The minimum atomic E-state index is -1.15. The van der Waals surface area contributed by atoms with Crippen LogP contribution in [-0.2, 0) is 9.53 Å². The fourth-order valence-electron chi connectivity index (χ4n) is 3.11. The average molecular weight is 252 g/mol. The van der Waals surface area contributed by atoms with Crippen molar-refractivity contribution in [1.82, 2.24) is 0 Å².